The predicted molar refractivity (Wildman–Crippen MR) is 78.3 cm³/mol. The summed E-state index contributed by atoms with van der Waals surface area (Å²) in [6, 6.07) is 8.55. The summed E-state index contributed by atoms with van der Waals surface area (Å²) in [6.07, 6.45) is 1.09. The number of benzene rings is 1. The topological polar surface area (TPSA) is 53.2 Å². The number of hydrogen-bond donors (Lipinski definition) is 3. The summed E-state index contributed by atoms with van der Waals surface area (Å²) < 4.78 is 0. The minimum absolute atomic E-state index is 0.109. The second-order valence-electron chi connectivity index (χ2n) is 5.32. The summed E-state index contributed by atoms with van der Waals surface area (Å²) in [5.41, 5.74) is 2.06. The Labute approximate surface area is 115 Å². The van der Waals surface area contributed by atoms with Crippen molar-refractivity contribution in [2.24, 2.45) is 5.92 Å². The van der Waals surface area contributed by atoms with Crippen LogP contribution in [0.3, 0.4) is 0 Å². The van der Waals surface area contributed by atoms with Crippen LogP contribution in [0.5, 0.6) is 0 Å². The molecule has 0 heterocycles. The Balaban J connectivity index is 1.85. The van der Waals surface area contributed by atoms with Gasteiger partial charge in [0, 0.05) is 17.8 Å². The molecule has 1 aromatic rings. The molecule has 1 fully saturated rings. The van der Waals surface area contributed by atoms with E-state index in [2.05, 4.69) is 36.7 Å². The van der Waals surface area contributed by atoms with Crippen molar-refractivity contribution in [1.29, 1.82) is 0 Å². The molecule has 0 aliphatic heterocycles. The summed E-state index contributed by atoms with van der Waals surface area (Å²) in [6.45, 7) is 7.31. The molecule has 4 heteroatoms. The Morgan fingerprint density at radius 2 is 2.00 bits per heavy atom. The summed E-state index contributed by atoms with van der Waals surface area (Å²) >= 11 is 0. The van der Waals surface area contributed by atoms with Crippen molar-refractivity contribution in [1.82, 2.24) is 10.6 Å². The number of urea groups is 1. The molecule has 1 aliphatic carbocycles. The highest BCUT2D eigenvalue weighted by Crippen LogP contribution is 2.28. The molecule has 2 amide bonds. The van der Waals surface area contributed by atoms with Gasteiger partial charge in [0.1, 0.15) is 0 Å². The predicted octanol–water partition coefficient (Wildman–Crippen LogP) is 2.89. The van der Waals surface area contributed by atoms with E-state index in [-0.39, 0.29) is 6.03 Å². The Hall–Kier alpha value is -1.55. The van der Waals surface area contributed by atoms with Crippen LogP contribution in [0.25, 0.3) is 0 Å². The Bertz CT molecular complexity index is 430. The molecule has 0 radical (unpaired) electrons. The van der Waals surface area contributed by atoms with Gasteiger partial charge in [0.25, 0.3) is 0 Å². The van der Waals surface area contributed by atoms with Gasteiger partial charge >= 0.3 is 6.03 Å². The van der Waals surface area contributed by atoms with E-state index in [1.807, 2.05) is 24.3 Å². The van der Waals surface area contributed by atoms with Crippen LogP contribution >= 0.6 is 0 Å². The van der Waals surface area contributed by atoms with Gasteiger partial charge in [-0.15, -0.1) is 0 Å². The van der Waals surface area contributed by atoms with Crippen LogP contribution in [0.4, 0.5) is 10.5 Å². The molecule has 1 aliphatic rings. The fourth-order valence-corrected chi connectivity index (χ4v) is 2.14. The second kappa shape index (κ2) is 6.06. The van der Waals surface area contributed by atoms with E-state index in [1.165, 1.54) is 5.56 Å². The standard InChI is InChI=1S/C15H23N3O/c1-4-16-11(3)12-5-7-13(8-6-12)17-15(19)18-14-9-10(14)2/h5-8,10-11,14,16H,4,9H2,1-3H3,(H2,17,18,19). The van der Waals surface area contributed by atoms with Gasteiger partial charge in [0.2, 0.25) is 0 Å². The van der Waals surface area contributed by atoms with E-state index in [1.54, 1.807) is 0 Å². The van der Waals surface area contributed by atoms with E-state index >= 15 is 0 Å². The quantitative estimate of drug-likeness (QED) is 0.763. The molecule has 4 nitrogen and oxygen atoms in total. The van der Waals surface area contributed by atoms with Gasteiger partial charge in [-0.1, -0.05) is 26.0 Å². The third-order valence-electron chi connectivity index (χ3n) is 3.60. The van der Waals surface area contributed by atoms with Crippen LogP contribution in [0.2, 0.25) is 0 Å². The average molecular weight is 261 g/mol. The Morgan fingerprint density at radius 3 is 2.53 bits per heavy atom. The summed E-state index contributed by atoms with van der Waals surface area (Å²) in [5, 5.41) is 9.17. The molecular weight excluding hydrogens is 238 g/mol. The molecular formula is C15H23N3O. The van der Waals surface area contributed by atoms with Gasteiger partial charge in [-0.05, 0) is 43.5 Å². The first-order chi connectivity index (χ1) is 9.10. The van der Waals surface area contributed by atoms with Crippen LogP contribution in [-0.2, 0) is 0 Å². The van der Waals surface area contributed by atoms with E-state index in [4.69, 9.17) is 0 Å². The lowest BCUT2D eigenvalue weighted by Crippen LogP contribution is -2.31. The van der Waals surface area contributed by atoms with Crippen molar-refractivity contribution in [2.75, 3.05) is 11.9 Å². The molecule has 0 spiro atoms. The number of carbonyl (C=O) groups is 1. The molecule has 0 bridgehead atoms. The molecule has 104 valence electrons. The summed E-state index contributed by atoms with van der Waals surface area (Å²) in [7, 11) is 0. The van der Waals surface area contributed by atoms with Gasteiger partial charge < -0.3 is 16.0 Å². The Kier molecular flexibility index (Phi) is 4.43. The van der Waals surface area contributed by atoms with Crippen molar-refractivity contribution in [3.05, 3.63) is 29.8 Å². The van der Waals surface area contributed by atoms with Gasteiger partial charge in [-0.3, -0.25) is 0 Å². The van der Waals surface area contributed by atoms with E-state index in [9.17, 15) is 4.79 Å². The molecule has 3 unspecified atom stereocenters. The smallest absolute Gasteiger partial charge is 0.319 e. The Morgan fingerprint density at radius 1 is 1.37 bits per heavy atom. The number of hydrogen-bond acceptors (Lipinski definition) is 2. The molecule has 2 rings (SSSR count). The largest absolute Gasteiger partial charge is 0.335 e. The summed E-state index contributed by atoms with van der Waals surface area (Å²) in [5.74, 6) is 0.620. The van der Waals surface area contributed by atoms with Gasteiger partial charge in [0.15, 0.2) is 0 Å². The minimum Gasteiger partial charge on any atom is -0.335 e. The van der Waals surface area contributed by atoms with Crippen molar-refractivity contribution in [2.45, 2.75) is 39.3 Å². The lowest BCUT2D eigenvalue weighted by molar-refractivity contribution is 0.251. The highest BCUT2D eigenvalue weighted by molar-refractivity contribution is 5.89. The van der Waals surface area contributed by atoms with Gasteiger partial charge in [-0.2, -0.15) is 0 Å². The first kappa shape index (κ1) is 13.9. The van der Waals surface area contributed by atoms with E-state index < -0.39 is 0 Å². The molecule has 3 N–H and O–H groups in total. The molecule has 0 aromatic heterocycles. The van der Waals surface area contributed by atoms with Crippen LogP contribution in [0.1, 0.15) is 38.8 Å². The molecule has 1 aromatic carbocycles. The fourth-order valence-electron chi connectivity index (χ4n) is 2.14. The zero-order valence-electron chi connectivity index (χ0n) is 11.9. The van der Waals surface area contributed by atoms with Gasteiger partial charge in [-0.25, -0.2) is 4.79 Å². The van der Waals surface area contributed by atoms with Crippen molar-refractivity contribution < 1.29 is 4.79 Å². The lowest BCUT2D eigenvalue weighted by Gasteiger charge is -2.13. The van der Waals surface area contributed by atoms with Crippen LogP contribution in [0, 0.1) is 5.92 Å². The van der Waals surface area contributed by atoms with Crippen molar-refractivity contribution >= 4 is 11.7 Å². The van der Waals surface area contributed by atoms with Gasteiger partial charge in [0.05, 0.1) is 0 Å². The molecule has 3 atom stereocenters. The molecule has 19 heavy (non-hydrogen) atoms. The van der Waals surface area contributed by atoms with Crippen molar-refractivity contribution in [3.63, 3.8) is 0 Å². The lowest BCUT2D eigenvalue weighted by atomic mass is 10.1. The third kappa shape index (κ3) is 3.96. The van der Waals surface area contributed by atoms with E-state index in [0.717, 1.165) is 18.7 Å². The van der Waals surface area contributed by atoms with Crippen molar-refractivity contribution in [3.8, 4) is 0 Å². The summed E-state index contributed by atoms with van der Waals surface area (Å²) in [4.78, 5) is 11.7. The second-order valence-corrected chi connectivity index (χ2v) is 5.32. The number of carbonyl (C=O) groups excluding carboxylic acids is 1. The fraction of sp³-hybridized carbons (Fsp3) is 0.533. The highest BCUT2D eigenvalue weighted by Gasteiger charge is 2.33. The third-order valence-corrected chi connectivity index (χ3v) is 3.60. The van der Waals surface area contributed by atoms with Crippen LogP contribution in [-0.4, -0.2) is 18.6 Å². The minimum atomic E-state index is -0.109. The average Bonchev–Trinajstić information content (AvgIpc) is 3.05. The van der Waals surface area contributed by atoms with E-state index in [0.29, 0.717) is 18.0 Å². The normalized spacial score (nSPS) is 22.7. The monoisotopic (exact) mass is 261 g/mol. The molecule has 0 saturated heterocycles. The van der Waals surface area contributed by atoms with Crippen LogP contribution < -0.4 is 16.0 Å². The molecule has 1 saturated carbocycles. The number of anilines is 1. The number of nitrogens with one attached hydrogen (secondary N) is 3. The highest BCUT2D eigenvalue weighted by atomic mass is 16.2. The number of rotatable bonds is 5. The SMILES string of the molecule is CCNC(C)c1ccc(NC(=O)NC2CC2C)cc1. The zero-order chi connectivity index (χ0) is 13.8. The number of amides is 2. The first-order valence-corrected chi connectivity index (χ1v) is 7.01. The zero-order valence-corrected chi connectivity index (χ0v) is 11.9. The first-order valence-electron chi connectivity index (χ1n) is 7.01. The van der Waals surface area contributed by atoms with Crippen LogP contribution in [0.15, 0.2) is 24.3 Å². The maximum absolute atomic E-state index is 11.7. The maximum atomic E-state index is 11.7. The maximum Gasteiger partial charge on any atom is 0.319 e.